The van der Waals surface area contributed by atoms with Crippen molar-refractivity contribution in [3.63, 3.8) is 0 Å². The van der Waals surface area contributed by atoms with Gasteiger partial charge in [0.15, 0.2) is 11.9 Å². The topological polar surface area (TPSA) is 26.3 Å². The molecule has 0 amide bonds. The molecule has 2 heteroatoms. The van der Waals surface area contributed by atoms with Gasteiger partial charge in [-0.05, 0) is 32.9 Å². The quantitative estimate of drug-likeness (QED) is 0.664. The predicted octanol–water partition coefficient (Wildman–Crippen LogP) is 2.35. The molecule has 0 atom stereocenters. The highest BCUT2D eigenvalue weighted by molar-refractivity contribution is 5.61. The van der Waals surface area contributed by atoms with Gasteiger partial charge in [-0.1, -0.05) is 17.7 Å². The van der Waals surface area contributed by atoms with Crippen LogP contribution in [0.4, 0.5) is 0 Å². The van der Waals surface area contributed by atoms with Gasteiger partial charge in [-0.3, -0.25) is 4.79 Å². The van der Waals surface area contributed by atoms with Gasteiger partial charge in [0.2, 0.25) is 0 Å². The standard InChI is InChI=1S/C11H14O2/c1-9-4-6-10(7-5-9)13-11(2,3)8-12/h4-8H,1-3H3. The first-order chi connectivity index (χ1) is 6.03. The molecule has 1 aromatic rings. The highest BCUT2D eigenvalue weighted by Crippen LogP contribution is 2.17. The summed E-state index contributed by atoms with van der Waals surface area (Å²) in [5.74, 6) is 0.725. The fourth-order valence-corrected chi connectivity index (χ4v) is 0.934. The number of aldehydes is 1. The zero-order chi connectivity index (χ0) is 9.90. The van der Waals surface area contributed by atoms with Crippen LogP contribution in [-0.4, -0.2) is 11.9 Å². The highest BCUT2D eigenvalue weighted by atomic mass is 16.5. The first kappa shape index (κ1) is 9.78. The molecule has 70 valence electrons. The van der Waals surface area contributed by atoms with E-state index in [9.17, 15) is 4.79 Å². The largest absolute Gasteiger partial charge is 0.480 e. The third-order valence-electron chi connectivity index (χ3n) is 1.69. The van der Waals surface area contributed by atoms with Crippen LogP contribution in [0.25, 0.3) is 0 Å². The number of aryl methyl sites for hydroxylation is 1. The predicted molar refractivity (Wildman–Crippen MR) is 52.0 cm³/mol. The molecule has 2 nitrogen and oxygen atoms in total. The van der Waals surface area contributed by atoms with Crippen LogP contribution in [0.5, 0.6) is 5.75 Å². The van der Waals surface area contributed by atoms with Crippen molar-refractivity contribution in [1.82, 2.24) is 0 Å². The molecular formula is C11H14O2. The lowest BCUT2D eigenvalue weighted by molar-refractivity contribution is -0.118. The van der Waals surface area contributed by atoms with E-state index >= 15 is 0 Å². The molecule has 1 rings (SSSR count). The molecule has 0 radical (unpaired) electrons. The number of hydrogen-bond acceptors (Lipinski definition) is 2. The van der Waals surface area contributed by atoms with Crippen LogP contribution in [0.1, 0.15) is 19.4 Å². The summed E-state index contributed by atoms with van der Waals surface area (Å²) in [6.45, 7) is 5.48. The number of ether oxygens (including phenoxy) is 1. The summed E-state index contributed by atoms with van der Waals surface area (Å²) in [4.78, 5) is 10.6. The van der Waals surface area contributed by atoms with Crippen molar-refractivity contribution in [2.75, 3.05) is 0 Å². The van der Waals surface area contributed by atoms with E-state index in [1.54, 1.807) is 13.8 Å². The lowest BCUT2D eigenvalue weighted by atomic mass is 10.1. The second-order valence-electron chi connectivity index (χ2n) is 3.64. The van der Waals surface area contributed by atoms with Crippen LogP contribution in [0.2, 0.25) is 0 Å². The zero-order valence-corrected chi connectivity index (χ0v) is 8.20. The SMILES string of the molecule is Cc1ccc(OC(C)(C)C=O)cc1. The minimum Gasteiger partial charge on any atom is -0.480 e. The summed E-state index contributed by atoms with van der Waals surface area (Å²) in [6, 6.07) is 7.63. The Morgan fingerprint density at radius 1 is 1.23 bits per heavy atom. The first-order valence-corrected chi connectivity index (χ1v) is 4.25. The molecule has 1 aromatic carbocycles. The Morgan fingerprint density at radius 2 is 1.77 bits per heavy atom. The smallest absolute Gasteiger partial charge is 0.162 e. The summed E-state index contributed by atoms with van der Waals surface area (Å²) in [7, 11) is 0. The van der Waals surface area contributed by atoms with Crippen LogP contribution in [0.15, 0.2) is 24.3 Å². The molecule has 0 aromatic heterocycles. The summed E-state index contributed by atoms with van der Waals surface area (Å²) in [5, 5.41) is 0. The van der Waals surface area contributed by atoms with Crippen molar-refractivity contribution in [2.45, 2.75) is 26.4 Å². The third kappa shape index (κ3) is 2.90. The van der Waals surface area contributed by atoms with Crippen molar-refractivity contribution in [2.24, 2.45) is 0 Å². The number of benzene rings is 1. The maximum atomic E-state index is 10.6. The van der Waals surface area contributed by atoms with E-state index in [0.29, 0.717) is 0 Å². The van der Waals surface area contributed by atoms with Crippen molar-refractivity contribution in [1.29, 1.82) is 0 Å². The highest BCUT2D eigenvalue weighted by Gasteiger charge is 2.17. The van der Waals surface area contributed by atoms with E-state index in [1.807, 2.05) is 31.2 Å². The molecule has 13 heavy (non-hydrogen) atoms. The second kappa shape index (κ2) is 3.60. The van der Waals surface area contributed by atoms with Gasteiger partial charge in [0, 0.05) is 0 Å². The average Bonchev–Trinajstić information content (AvgIpc) is 2.09. The van der Waals surface area contributed by atoms with E-state index in [0.717, 1.165) is 12.0 Å². The van der Waals surface area contributed by atoms with E-state index in [1.165, 1.54) is 5.56 Å². The van der Waals surface area contributed by atoms with Crippen molar-refractivity contribution < 1.29 is 9.53 Å². The Labute approximate surface area is 78.5 Å². The molecule has 0 saturated heterocycles. The van der Waals surface area contributed by atoms with Crippen LogP contribution in [0.3, 0.4) is 0 Å². The van der Waals surface area contributed by atoms with Gasteiger partial charge in [0.1, 0.15) is 5.75 Å². The van der Waals surface area contributed by atoms with Crippen molar-refractivity contribution in [3.8, 4) is 5.75 Å². The number of carbonyl (C=O) groups excluding carboxylic acids is 1. The lowest BCUT2D eigenvalue weighted by Crippen LogP contribution is -2.29. The molecule has 0 aliphatic rings. The molecule has 0 aliphatic heterocycles. The van der Waals surface area contributed by atoms with Gasteiger partial charge in [-0.25, -0.2) is 0 Å². The number of rotatable bonds is 3. The molecule has 0 bridgehead atoms. The number of carbonyl (C=O) groups is 1. The Morgan fingerprint density at radius 3 is 2.23 bits per heavy atom. The summed E-state index contributed by atoms with van der Waals surface area (Å²) < 4.78 is 5.44. The Balaban J connectivity index is 2.75. The first-order valence-electron chi connectivity index (χ1n) is 4.25. The minimum atomic E-state index is -0.741. The van der Waals surface area contributed by atoms with Gasteiger partial charge < -0.3 is 4.74 Å². The Kier molecular flexibility index (Phi) is 2.71. The Bertz CT molecular complexity index is 285. The molecule has 0 spiro atoms. The van der Waals surface area contributed by atoms with Gasteiger partial charge in [0.05, 0.1) is 0 Å². The molecule has 0 unspecified atom stereocenters. The van der Waals surface area contributed by atoms with Crippen molar-refractivity contribution >= 4 is 6.29 Å². The van der Waals surface area contributed by atoms with Crippen LogP contribution in [0, 0.1) is 6.92 Å². The van der Waals surface area contributed by atoms with Crippen LogP contribution < -0.4 is 4.74 Å². The minimum absolute atomic E-state index is 0.725. The maximum absolute atomic E-state index is 10.6. The Hall–Kier alpha value is -1.31. The van der Waals surface area contributed by atoms with Gasteiger partial charge in [-0.2, -0.15) is 0 Å². The maximum Gasteiger partial charge on any atom is 0.162 e. The summed E-state index contributed by atoms with van der Waals surface area (Å²) in [5.41, 5.74) is 0.436. The summed E-state index contributed by atoms with van der Waals surface area (Å²) >= 11 is 0. The van der Waals surface area contributed by atoms with E-state index in [2.05, 4.69) is 0 Å². The lowest BCUT2D eigenvalue weighted by Gasteiger charge is -2.19. The van der Waals surface area contributed by atoms with Gasteiger partial charge in [-0.15, -0.1) is 0 Å². The third-order valence-corrected chi connectivity index (χ3v) is 1.69. The monoisotopic (exact) mass is 178 g/mol. The van der Waals surface area contributed by atoms with E-state index in [-0.39, 0.29) is 0 Å². The normalized spacial score (nSPS) is 11.0. The molecule has 0 heterocycles. The van der Waals surface area contributed by atoms with Gasteiger partial charge >= 0.3 is 0 Å². The van der Waals surface area contributed by atoms with Crippen LogP contribution in [-0.2, 0) is 4.79 Å². The average molecular weight is 178 g/mol. The zero-order valence-electron chi connectivity index (χ0n) is 8.20. The molecular weight excluding hydrogens is 164 g/mol. The fraction of sp³-hybridized carbons (Fsp3) is 0.364. The molecule has 0 saturated carbocycles. The molecule has 0 fully saturated rings. The second-order valence-corrected chi connectivity index (χ2v) is 3.64. The van der Waals surface area contributed by atoms with E-state index < -0.39 is 5.60 Å². The van der Waals surface area contributed by atoms with E-state index in [4.69, 9.17) is 4.74 Å². The molecule has 0 aliphatic carbocycles. The molecule has 0 N–H and O–H groups in total. The fourth-order valence-electron chi connectivity index (χ4n) is 0.934. The number of hydrogen-bond donors (Lipinski definition) is 0. The summed E-state index contributed by atoms with van der Waals surface area (Å²) in [6.07, 6.45) is 0.798. The van der Waals surface area contributed by atoms with Crippen LogP contribution >= 0.6 is 0 Å². The van der Waals surface area contributed by atoms with Crippen molar-refractivity contribution in [3.05, 3.63) is 29.8 Å². The van der Waals surface area contributed by atoms with Gasteiger partial charge in [0.25, 0.3) is 0 Å².